The zero-order valence-corrected chi connectivity index (χ0v) is 12.1. The molecule has 114 valence electrons. The molecule has 2 amide bonds. The van der Waals surface area contributed by atoms with Crippen molar-refractivity contribution >= 4 is 29.1 Å². The summed E-state index contributed by atoms with van der Waals surface area (Å²) in [6, 6.07) is 2.50. The van der Waals surface area contributed by atoms with Crippen LogP contribution < -0.4 is 20.1 Å². The van der Waals surface area contributed by atoms with Gasteiger partial charge in [-0.25, -0.2) is 0 Å². The lowest BCUT2D eigenvalue weighted by Gasteiger charge is -2.20. The molecule has 1 aromatic rings. The molecule has 1 aliphatic heterocycles. The molecule has 0 fully saturated rings. The summed E-state index contributed by atoms with van der Waals surface area (Å²) < 4.78 is 10.7. The Morgan fingerprint density at radius 2 is 1.90 bits per heavy atom. The Hall–Kier alpha value is -1.99. The number of nitrogens with one attached hydrogen (secondary N) is 2. The second-order valence-electron chi connectivity index (χ2n) is 4.49. The number of hydrogen-bond donors (Lipinski definition) is 3. The van der Waals surface area contributed by atoms with Gasteiger partial charge in [0.05, 0.1) is 17.3 Å². The smallest absolute Gasteiger partial charge is 0.313 e. The number of anilines is 1. The van der Waals surface area contributed by atoms with Crippen molar-refractivity contribution < 1.29 is 24.2 Å². The van der Waals surface area contributed by atoms with E-state index in [0.717, 1.165) is 0 Å². The molecule has 21 heavy (non-hydrogen) atoms. The van der Waals surface area contributed by atoms with E-state index in [2.05, 4.69) is 10.6 Å². The maximum atomic E-state index is 11.7. The van der Waals surface area contributed by atoms with Crippen LogP contribution in [0.25, 0.3) is 0 Å². The van der Waals surface area contributed by atoms with Gasteiger partial charge in [-0.2, -0.15) is 0 Å². The first-order valence-electron chi connectivity index (χ1n) is 6.33. The maximum Gasteiger partial charge on any atom is 0.313 e. The van der Waals surface area contributed by atoms with Crippen molar-refractivity contribution in [1.82, 2.24) is 5.32 Å². The molecule has 0 aromatic heterocycles. The Kier molecular flexibility index (Phi) is 4.87. The zero-order chi connectivity index (χ0) is 15.4. The number of halogens is 1. The number of amides is 2. The summed E-state index contributed by atoms with van der Waals surface area (Å²) in [4.78, 5) is 23.3. The molecular weight excluding hydrogens is 300 g/mol. The Bertz CT molecular complexity index is 564. The standard InChI is InChI=1S/C13H15ClN2O5/c1-7(6-17)15-12(18)13(19)16-9-5-11-10(4-8(9)14)20-2-3-21-11/h4-5,7,17H,2-3,6H2,1H3,(H,15,18)(H,16,19)/t7-/m0/s1. The molecule has 1 aliphatic rings. The molecule has 0 spiro atoms. The van der Waals surface area contributed by atoms with Crippen LogP contribution in [0.3, 0.4) is 0 Å². The average Bonchev–Trinajstić information content (AvgIpc) is 2.47. The van der Waals surface area contributed by atoms with Crippen LogP contribution in [-0.4, -0.2) is 42.8 Å². The lowest BCUT2D eigenvalue weighted by molar-refractivity contribution is -0.136. The molecular formula is C13H15ClN2O5. The molecule has 1 heterocycles. The Morgan fingerprint density at radius 1 is 1.29 bits per heavy atom. The Labute approximate surface area is 126 Å². The highest BCUT2D eigenvalue weighted by Gasteiger charge is 2.20. The number of carbonyl (C=O) groups excluding carboxylic acids is 2. The van der Waals surface area contributed by atoms with Gasteiger partial charge in [-0.15, -0.1) is 0 Å². The highest BCUT2D eigenvalue weighted by atomic mass is 35.5. The van der Waals surface area contributed by atoms with E-state index in [4.69, 9.17) is 26.2 Å². The van der Waals surface area contributed by atoms with Crippen molar-refractivity contribution in [2.75, 3.05) is 25.1 Å². The molecule has 2 rings (SSSR count). The molecule has 0 saturated heterocycles. The summed E-state index contributed by atoms with van der Waals surface area (Å²) in [7, 11) is 0. The SMILES string of the molecule is C[C@@H](CO)NC(=O)C(=O)Nc1cc2c(cc1Cl)OCCO2. The number of hydrogen-bond acceptors (Lipinski definition) is 5. The van der Waals surface area contributed by atoms with E-state index < -0.39 is 17.9 Å². The first kappa shape index (κ1) is 15.4. The second-order valence-corrected chi connectivity index (χ2v) is 4.89. The van der Waals surface area contributed by atoms with E-state index in [9.17, 15) is 9.59 Å². The second kappa shape index (κ2) is 6.64. The number of rotatable bonds is 3. The van der Waals surface area contributed by atoms with Gasteiger partial charge in [0.25, 0.3) is 0 Å². The van der Waals surface area contributed by atoms with E-state index in [1.54, 1.807) is 6.92 Å². The van der Waals surface area contributed by atoms with E-state index >= 15 is 0 Å². The lowest BCUT2D eigenvalue weighted by Crippen LogP contribution is -2.42. The van der Waals surface area contributed by atoms with Gasteiger partial charge < -0.3 is 25.2 Å². The third-order valence-corrected chi connectivity index (χ3v) is 3.05. The van der Waals surface area contributed by atoms with Crippen LogP contribution in [0.2, 0.25) is 5.02 Å². The van der Waals surface area contributed by atoms with Crippen molar-refractivity contribution in [3.8, 4) is 11.5 Å². The zero-order valence-electron chi connectivity index (χ0n) is 11.3. The molecule has 1 atom stereocenters. The van der Waals surface area contributed by atoms with Crippen LogP contribution >= 0.6 is 11.6 Å². The highest BCUT2D eigenvalue weighted by molar-refractivity contribution is 6.41. The van der Waals surface area contributed by atoms with E-state index in [0.29, 0.717) is 24.7 Å². The van der Waals surface area contributed by atoms with Gasteiger partial charge in [-0.1, -0.05) is 11.6 Å². The van der Waals surface area contributed by atoms with Gasteiger partial charge in [0, 0.05) is 18.2 Å². The van der Waals surface area contributed by atoms with Crippen molar-refractivity contribution in [1.29, 1.82) is 0 Å². The van der Waals surface area contributed by atoms with Gasteiger partial charge in [0.15, 0.2) is 11.5 Å². The predicted octanol–water partition coefficient (Wildman–Crippen LogP) is 0.547. The number of ether oxygens (including phenoxy) is 2. The summed E-state index contributed by atoms with van der Waals surface area (Å²) in [5.74, 6) is -0.802. The average molecular weight is 315 g/mol. The van der Waals surface area contributed by atoms with Gasteiger partial charge in [-0.3, -0.25) is 9.59 Å². The first-order valence-corrected chi connectivity index (χ1v) is 6.71. The number of carbonyl (C=O) groups is 2. The van der Waals surface area contributed by atoms with Gasteiger partial charge in [0.2, 0.25) is 0 Å². The minimum Gasteiger partial charge on any atom is -0.486 e. The van der Waals surface area contributed by atoms with Gasteiger partial charge in [0.1, 0.15) is 13.2 Å². The third kappa shape index (κ3) is 3.77. The van der Waals surface area contributed by atoms with Gasteiger partial charge >= 0.3 is 11.8 Å². The van der Waals surface area contributed by atoms with Crippen LogP contribution in [0, 0.1) is 0 Å². The molecule has 8 heteroatoms. The molecule has 0 aliphatic carbocycles. The quantitative estimate of drug-likeness (QED) is 0.708. The predicted molar refractivity (Wildman–Crippen MR) is 75.8 cm³/mol. The minimum absolute atomic E-state index is 0.232. The fourth-order valence-electron chi connectivity index (χ4n) is 1.67. The third-order valence-electron chi connectivity index (χ3n) is 2.74. The fourth-order valence-corrected chi connectivity index (χ4v) is 1.87. The van der Waals surface area contributed by atoms with Crippen LogP contribution in [-0.2, 0) is 9.59 Å². The van der Waals surface area contributed by atoms with Crippen LogP contribution in [0.1, 0.15) is 6.92 Å². The normalized spacial score (nSPS) is 14.2. The monoisotopic (exact) mass is 314 g/mol. The van der Waals surface area contributed by atoms with Crippen LogP contribution in [0.4, 0.5) is 5.69 Å². The molecule has 0 saturated carbocycles. The maximum absolute atomic E-state index is 11.7. The minimum atomic E-state index is -0.881. The van der Waals surface area contributed by atoms with Crippen molar-refractivity contribution in [2.45, 2.75) is 13.0 Å². The van der Waals surface area contributed by atoms with Crippen molar-refractivity contribution in [3.63, 3.8) is 0 Å². The fraction of sp³-hybridized carbons (Fsp3) is 0.385. The topological polar surface area (TPSA) is 96.9 Å². The molecule has 1 aromatic carbocycles. The van der Waals surface area contributed by atoms with Crippen LogP contribution in [0.15, 0.2) is 12.1 Å². The number of benzene rings is 1. The summed E-state index contributed by atoms with van der Waals surface area (Å²) in [5.41, 5.74) is 0.248. The summed E-state index contributed by atoms with van der Waals surface area (Å²) in [5, 5.41) is 13.8. The summed E-state index contributed by atoms with van der Waals surface area (Å²) >= 11 is 6.02. The van der Waals surface area contributed by atoms with E-state index in [1.807, 2.05) is 0 Å². The van der Waals surface area contributed by atoms with E-state index in [1.165, 1.54) is 12.1 Å². The lowest BCUT2D eigenvalue weighted by atomic mass is 10.2. The summed E-state index contributed by atoms with van der Waals surface area (Å²) in [6.45, 7) is 2.14. The number of aliphatic hydroxyl groups is 1. The first-order chi connectivity index (χ1) is 10.0. The largest absolute Gasteiger partial charge is 0.486 e. The molecule has 7 nitrogen and oxygen atoms in total. The number of fused-ring (bicyclic) bond motifs is 1. The molecule has 3 N–H and O–H groups in total. The molecule has 0 bridgehead atoms. The summed E-state index contributed by atoms with van der Waals surface area (Å²) in [6.07, 6.45) is 0. The highest BCUT2D eigenvalue weighted by Crippen LogP contribution is 2.37. The van der Waals surface area contributed by atoms with Crippen molar-refractivity contribution in [3.05, 3.63) is 17.2 Å². The Morgan fingerprint density at radius 3 is 2.52 bits per heavy atom. The van der Waals surface area contributed by atoms with Gasteiger partial charge in [-0.05, 0) is 6.92 Å². The Balaban J connectivity index is 2.08. The molecule has 0 radical (unpaired) electrons. The van der Waals surface area contributed by atoms with E-state index in [-0.39, 0.29) is 17.3 Å². The number of aliphatic hydroxyl groups excluding tert-OH is 1. The molecule has 0 unspecified atom stereocenters. The van der Waals surface area contributed by atoms with Crippen molar-refractivity contribution in [2.24, 2.45) is 0 Å². The van der Waals surface area contributed by atoms with Crippen LogP contribution in [0.5, 0.6) is 11.5 Å².